The number of carbonyl (C=O) groups is 2. The zero-order valence-electron chi connectivity index (χ0n) is 17.1. The molecule has 0 unspecified atom stereocenters. The molecule has 2 aromatic carbocycles. The van der Waals surface area contributed by atoms with Gasteiger partial charge in [-0.2, -0.15) is 0 Å². The van der Waals surface area contributed by atoms with Gasteiger partial charge in [0.25, 0.3) is 5.91 Å². The number of nitrogens with one attached hydrogen (secondary N) is 1. The zero-order chi connectivity index (χ0) is 22.1. The molecule has 32 heavy (non-hydrogen) atoms. The van der Waals surface area contributed by atoms with Gasteiger partial charge in [-0.15, -0.1) is 22.7 Å². The van der Waals surface area contributed by atoms with Gasteiger partial charge in [-0.3, -0.25) is 4.79 Å². The lowest BCUT2D eigenvalue weighted by molar-refractivity contribution is 0.0530. The van der Waals surface area contributed by atoms with E-state index >= 15 is 0 Å². The summed E-state index contributed by atoms with van der Waals surface area (Å²) in [5, 5.41) is 6.96. The second kappa shape index (κ2) is 8.53. The van der Waals surface area contributed by atoms with Crippen molar-refractivity contribution in [1.82, 2.24) is 4.98 Å². The van der Waals surface area contributed by atoms with Gasteiger partial charge >= 0.3 is 5.97 Å². The summed E-state index contributed by atoms with van der Waals surface area (Å²) in [5.74, 6) is -0.738. The molecule has 0 saturated carbocycles. The van der Waals surface area contributed by atoms with Crippen molar-refractivity contribution in [3.8, 4) is 10.6 Å². The van der Waals surface area contributed by atoms with Crippen LogP contribution in [-0.2, 0) is 4.74 Å². The third-order valence-electron chi connectivity index (χ3n) is 5.04. The number of hydrogen-bond donors (Lipinski definition) is 1. The Balaban J connectivity index is 1.61. The number of amides is 1. The van der Waals surface area contributed by atoms with Gasteiger partial charge in [-0.05, 0) is 36.6 Å². The summed E-state index contributed by atoms with van der Waals surface area (Å²) in [4.78, 5) is 31.9. The first kappa shape index (κ1) is 20.4. The molecule has 0 fully saturated rings. The molecular formula is C25H18N2O3S2. The van der Waals surface area contributed by atoms with Gasteiger partial charge in [0.2, 0.25) is 0 Å². The fourth-order valence-electron chi connectivity index (χ4n) is 3.62. The number of para-hydroxylation sites is 1. The van der Waals surface area contributed by atoms with Crippen LogP contribution in [0.1, 0.15) is 27.6 Å². The summed E-state index contributed by atoms with van der Waals surface area (Å²) in [7, 11) is 0. The zero-order valence-corrected chi connectivity index (χ0v) is 18.8. The highest BCUT2D eigenvalue weighted by atomic mass is 32.1. The number of benzene rings is 2. The quantitative estimate of drug-likeness (QED) is 0.301. The van der Waals surface area contributed by atoms with Gasteiger partial charge in [0.15, 0.2) is 0 Å². The number of hydrogen-bond acceptors (Lipinski definition) is 6. The lowest BCUT2D eigenvalue weighted by Gasteiger charge is -2.10. The van der Waals surface area contributed by atoms with Crippen molar-refractivity contribution < 1.29 is 14.3 Å². The molecule has 0 aliphatic heterocycles. The lowest BCUT2D eigenvalue weighted by Crippen LogP contribution is -2.15. The molecule has 3 heterocycles. The molecule has 0 bridgehead atoms. The minimum absolute atomic E-state index is 0.259. The van der Waals surface area contributed by atoms with E-state index in [1.165, 1.54) is 11.3 Å². The van der Waals surface area contributed by atoms with E-state index in [-0.39, 0.29) is 12.5 Å². The van der Waals surface area contributed by atoms with Crippen molar-refractivity contribution in [1.29, 1.82) is 0 Å². The summed E-state index contributed by atoms with van der Waals surface area (Å²) in [6.45, 7) is 2.02. The average Bonchev–Trinajstić information content (AvgIpc) is 3.46. The normalized spacial score (nSPS) is 11.0. The summed E-state index contributed by atoms with van der Waals surface area (Å²) in [6.07, 6.45) is 0. The van der Waals surface area contributed by atoms with Gasteiger partial charge < -0.3 is 10.1 Å². The molecule has 0 atom stereocenters. The summed E-state index contributed by atoms with van der Waals surface area (Å²) >= 11 is 2.93. The molecule has 1 N–H and O–H groups in total. The Hall–Kier alpha value is -3.55. The topological polar surface area (TPSA) is 68.3 Å². The molecule has 5 nitrogen and oxygen atoms in total. The number of thiophene rings is 2. The van der Waals surface area contributed by atoms with Crippen molar-refractivity contribution in [3.63, 3.8) is 0 Å². The highest BCUT2D eigenvalue weighted by Gasteiger charge is 2.23. The maximum atomic E-state index is 13.5. The number of esters is 1. The van der Waals surface area contributed by atoms with Gasteiger partial charge in [-0.25, -0.2) is 9.78 Å². The first-order valence-electron chi connectivity index (χ1n) is 10.1. The number of anilines is 1. The van der Waals surface area contributed by atoms with Crippen LogP contribution in [0.15, 0.2) is 72.1 Å². The number of aromatic nitrogens is 1. The number of rotatable bonds is 5. The van der Waals surface area contributed by atoms with Crippen LogP contribution < -0.4 is 5.32 Å². The Bertz CT molecular complexity index is 1460. The van der Waals surface area contributed by atoms with Crippen molar-refractivity contribution in [2.24, 2.45) is 0 Å². The van der Waals surface area contributed by atoms with Gasteiger partial charge in [0, 0.05) is 15.5 Å². The Morgan fingerprint density at radius 1 is 1.00 bits per heavy atom. The van der Waals surface area contributed by atoms with Gasteiger partial charge in [0.1, 0.15) is 10.6 Å². The third kappa shape index (κ3) is 3.66. The maximum absolute atomic E-state index is 13.5. The summed E-state index contributed by atoms with van der Waals surface area (Å²) in [6, 6.07) is 20.9. The molecule has 3 aromatic heterocycles. The molecule has 5 aromatic rings. The van der Waals surface area contributed by atoms with Gasteiger partial charge in [-0.1, -0.05) is 42.5 Å². The Labute approximate surface area is 192 Å². The molecule has 158 valence electrons. The predicted octanol–water partition coefficient (Wildman–Crippen LogP) is 6.61. The highest BCUT2D eigenvalue weighted by Crippen LogP contribution is 2.37. The molecule has 0 radical (unpaired) electrons. The second-order valence-corrected chi connectivity index (χ2v) is 9.03. The maximum Gasteiger partial charge on any atom is 0.341 e. The van der Waals surface area contributed by atoms with Crippen molar-refractivity contribution >= 4 is 60.5 Å². The Morgan fingerprint density at radius 3 is 2.56 bits per heavy atom. The smallest absolute Gasteiger partial charge is 0.341 e. The number of pyridine rings is 1. The first-order valence-corrected chi connectivity index (χ1v) is 11.8. The number of carbonyl (C=O) groups excluding carboxylic acids is 2. The largest absolute Gasteiger partial charge is 0.462 e. The standard InChI is InChI=1S/C25H18N2O3S2/c1-2-30-25(29)22-16-9-4-6-11-20(16)32-24(22)27-23(28)17-14-19(21-12-7-13-31-21)26-18-10-5-3-8-15(17)18/h3-14H,2H2,1H3,(H,27,28). The van der Waals surface area contributed by atoms with E-state index in [1.54, 1.807) is 24.3 Å². The minimum atomic E-state index is -0.445. The van der Waals surface area contributed by atoms with E-state index < -0.39 is 5.97 Å². The van der Waals surface area contributed by atoms with Crippen molar-refractivity contribution in [2.45, 2.75) is 6.92 Å². The van der Waals surface area contributed by atoms with E-state index in [0.29, 0.717) is 16.1 Å². The van der Waals surface area contributed by atoms with Crippen LogP contribution in [0.2, 0.25) is 0 Å². The minimum Gasteiger partial charge on any atom is -0.462 e. The number of fused-ring (bicyclic) bond motifs is 2. The Kier molecular flexibility index (Phi) is 5.43. The third-order valence-corrected chi connectivity index (χ3v) is 7.02. The van der Waals surface area contributed by atoms with Crippen LogP contribution in [0.4, 0.5) is 5.00 Å². The fourth-order valence-corrected chi connectivity index (χ4v) is 5.40. The fraction of sp³-hybridized carbons (Fsp3) is 0.0800. The van der Waals surface area contributed by atoms with E-state index in [2.05, 4.69) is 5.32 Å². The van der Waals surface area contributed by atoms with E-state index in [4.69, 9.17) is 9.72 Å². The van der Waals surface area contributed by atoms with Crippen LogP contribution in [0.5, 0.6) is 0 Å². The molecule has 5 rings (SSSR count). The van der Waals surface area contributed by atoms with Crippen LogP contribution in [0.3, 0.4) is 0 Å². The van der Waals surface area contributed by atoms with E-state index in [1.807, 2.05) is 66.0 Å². The average molecular weight is 459 g/mol. The Morgan fingerprint density at radius 2 is 1.78 bits per heavy atom. The van der Waals surface area contributed by atoms with Gasteiger partial charge in [0.05, 0.1) is 28.3 Å². The molecule has 0 saturated heterocycles. The lowest BCUT2D eigenvalue weighted by atomic mass is 10.1. The number of ether oxygens (including phenoxy) is 1. The van der Waals surface area contributed by atoms with Crippen molar-refractivity contribution in [2.75, 3.05) is 11.9 Å². The summed E-state index contributed by atoms with van der Waals surface area (Å²) < 4.78 is 6.18. The predicted molar refractivity (Wildman–Crippen MR) is 131 cm³/mol. The van der Waals surface area contributed by atoms with Crippen molar-refractivity contribution in [3.05, 3.63) is 83.2 Å². The molecule has 7 heteroatoms. The molecular weight excluding hydrogens is 440 g/mol. The molecule has 0 aliphatic carbocycles. The van der Waals surface area contributed by atoms with Crippen LogP contribution in [-0.4, -0.2) is 23.5 Å². The first-order chi connectivity index (χ1) is 15.7. The van der Waals surface area contributed by atoms with Crippen LogP contribution >= 0.6 is 22.7 Å². The van der Waals surface area contributed by atoms with Crippen LogP contribution in [0.25, 0.3) is 31.6 Å². The van der Waals surface area contributed by atoms with E-state index in [0.717, 1.165) is 31.6 Å². The SMILES string of the molecule is CCOC(=O)c1c(NC(=O)c2cc(-c3cccs3)nc3ccccc23)sc2ccccc12. The highest BCUT2D eigenvalue weighted by molar-refractivity contribution is 7.23. The second-order valence-electron chi connectivity index (χ2n) is 7.03. The molecule has 0 aliphatic rings. The molecule has 0 spiro atoms. The van der Waals surface area contributed by atoms with Crippen LogP contribution in [0, 0.1) is 0 Å². The molecule has 1 amide bonds. The summed E-state index contributed by atoms with van der Waals surface area (Å²) in [5.41, 5.74) is 2.38. The van der Waals surface area contributed by atoms with E-state index in [9.17, 15) is 9.59 Å². The monoisotopic (exact) mass is 458 g/mol. The number of nitrogens with zero attached hydrogens (tertiary/aromatic N) is 1.